The molecule has 1 saturated heterocycles. The Morgan fingerprint density at radius 3 is 2.79 bits per heavy atom. The molecule has 0 atom stereocenters. The summed E-state index contributed by atoms with van der Waals surface area (Å²) in [5.41, 5.74) is 0.246. The Bertz CT molecular complexity index is 448. The standard InChI is InChI=1S/C13H19N3O2S/c1-13(2)4-5-16(6-7-19-13)11-9-14-10(8-15-11)12(17)18-3/h8-9H,4-7H2,1-3H3. The average Bonchev–Trinajstić information content (AvgIpc) is 2.59. The smallest absolute Gasteiger partial charge is 0.358 e. The number of carbonyl (C=O) groups excluding carboxylic acids is 1. The van der Waals surface area contributed by atoms with E-state index < -0.39 is 5.97 Å². The highest BCUT2D eigenvalue weighted by Gasteiger charge is 2.24. The molecule has 5 nitrogen and oxygen atoms in total. The van der Waals surface area contributed by atoms with E-state index in [2.05, 4.69) is 33.5 Å². The molecule has 0 aliphatic carbocycles. The molecule has 0 saturated carbocycles. The molecule has 2 heterocycles. The lowest BCUT2D eigenvalue weighted by Crippen LogP contribution is -2.28. The van der Waals surface area contributed by atoms with Crippen LogP contribution in [0.4, 0.5) is 5.82 Å². The van der Waals surface area contributed by atoms with Crippen LogP contribution in [0, 0.1) is 0 Å². The van der Waals surface area contributed by atoms with Crippen molar-refractivity contribution in [3.8, 4) is 0 Å². The first-order valence-corrected chi connectivity index (χ1v) is 7.30. The van der Waals surface area contributed by atoms with E-state index in [0.717, 1.165) is 31.1 Å². The SMILES string of the molecule is COC(=O)c1cnc(N2CCSC(C)(C)CC2)cn1. The van der Waals surface area contributed by atoms with Gasteiger partial charge in [0.1, 0.15) is 5.82 Å². The van der Waals surface area contributed by atoms with Crippen LogP contribution in [0.2, 0.25) is 0 Å². The van der Waals surface area contributed by atoms with Crippen molar-refractivity contribution in [1.29, 1.82) is 0 Å². The topological polar surface area (TPSA) is 55.3 Å². The van der Waals surface area contributed by atoms with Gasteiger partial charge in [-0.3, -0.25) is 0 Å². The Morgan fingerprint density at radius 2 is 2.16 bits per heavy atom. The third kappa shape index (κ3) is 3.59. The number of thioether (sulfide) groups is 1. The van der Waals surface area contributed by atoms with Crippen molar-refractivity contribution in [2.75, 3.05) is 30.9 Å². The fraction of sp³-hybridized carbons (Fsp3) is 0.615. The van der Waals surface area contributed by atoms with Gasteiger partial charge >= 0.3 is 5.97 Å². The number of aromatic nitrogens is 2. The number of carbonyl (C=O) groups is 1. The van der Waals surface area contributed by atoms with Crippen molar-refractivity contribution >= 4 is 23.5 Å². The molecule has 1 aliphatic heterocycles. The summed E-state index contributed by atoms with van der Waals surface area (Å²) in [5.74, 6) is 1.45. The van der Waals surface area contributed by atoms with Crippen LogP contribution in [-0.4, -0.2) is 46.6 Å². The minimum absolute atomic E-state index is 0.246. The molecular weight excluding hydrogens is 262 g/mol. The van der Waals surface area contributed by atoms with Crippen molar-refractivity contribution in [2.24, 2.45) is 0 Å². The van der Waals surface area contributed by atoms with Gasteiger partial charge in [0.15, 0.2) is 5.69 Å². The second-order valence-electron chi connectivity index (χ2n) is 5.10. The average molecular weight is 281 g/mol. The van der Waals surface area contributed by atoms with E-state index >= 15 is 0 Å². The zero-order valence-electron chi connectivity index (χ0n) is 11.5. The third-order valence-corrected chi connectivity index (χ3v) is 4.57. The van der Waals surface area contributed by atoms with E-state index in [1.807, 2.05) is 11.8 Å². The number of anilines is 1. The van der Waals surface area contributed by atoms with Crippen LogP contribution < -0.4 is 4.90 Å². The molecule has 0 N–H and O–H groups in total. The van der Waals surface area contributed by atoms with Crippen LogP contribution in [-0.2, 0) is 4.74 Å². The molecule has 2 rings (SSSR count). The van der Waals surface area contributed by atoms with Gasteiger partial charge < -0.3 is 9.64 Å². The molecule has 0 unspecified atom stereocenters. The highest BCUT2D eigenvalue weighted by atomic mass is 32.2. The van der Waals surface area contributed by atoms with E-state index in [0.29, 0.717) is 4.75 Å². The van der Waals surface area contributed by atoms with Crippen molar-refractivity contribution in [2.45, 2.75) is 25.0 Å². The molecule has 6 heteroatoms. The van der Waals surface area contributed by atoms with Gasteiger partial charge in [-0.25, -0.2) is 14.8 Å². The molecule has 0 radical (unpaired) electrons. The Labute approximate surface area is 117 Å². The van der Waals surface area contributed by atoms with E-state index in [4.69, 9.17) is 0 Å². The highest BCUT2D eigenvalue weighted by Crippen LogP contribution is 2.31. The predicted octanol–water partition coefficient (Wildman–Crippen LogP) is 1.99. The summed E-state index contributed by atoms with van der Waals surface area (Å²) in [7, 11) is 1.34. The van der Waals surface area contributed by atoms with Gasteiger partial charge in [0.2, 0.25) is 0 Å². The molecule has 0 aromatic carbocycles. The molecule has 1 aliphatic rings. The van der Waals surface area contributed by atoms with Crippen LogP contribution in [0.25, 0.3) is 0 Å². The second-order valence-corrected chi connectivity index (χ2v) is 6.90. The largest absolute Gasteiger partial charge is 0.464 e. The van der Waals surface area contributed by atoms with E-state index in [1.165, 1.54) is 13.3 Å². The zero-order chi connectivity index (χ0) is 13.9. The molecule has 1 fully saturated rings. The van der Waals surface area contributed by atoms with E-state index in [1.54, 1.807) is 6.20 Å². The molecule has 1 aromatic heterocycles. The third-order valence-electron chi connectivity index (χ3n) is 3.19. The van der Waals surface area contributed by atoms with Crippen molar-refractivity contribution in [3.63, 3.8) is 0 Å². The number of hydrogen-bond donors (Lipinski definition) is 0. The Kier molecular flexibility index (Phi) is 4.29. The summed E-state index contributed by atoms with van der Waals surface area (Å²) in [5, 5.41) is 0. The number of ether oxygens (including phenoxy) is 1. The fourth-order valence-corrected chi connectivity index (χ4v) is 3.04. The highest BCUT2D eigenvalue weighted by molar-refractivity contribution is 8.00. The number of hydrogen-bond acceptors (Lipinski definition) is 6. The molecule has 19 heavy (non-hydrogen) atoms. The Hall–Kier alpha value is -1.30. The quantitative estimate of drug-likeness (QED) is 0.773. The van der Waals surface area contributed by atoms with Crippen LogP contribution >= 0.6 is 11.8 Å². The van der Waals surface area contributed by atoms with Gasteiger partial charge in [0, 0.05) is 23.6 Å². The maximum atomic E-state index is 11.3. The van der Waals surface area contributed by atoms with E-state index in [-0.39, 0.29) is 5.69 Å². The summed E-state index contributed by atoms with van der Waals surface area (Å²) in [6.07, 6.45) is 4.23. The number of esters is 1. The lowest BCUT2D eigenvalue weighted by Gasteiger charge is -2.23. The van der Waals surface area contributed by atoms with Gasteiger partial charge in [0.25, 0.3) is 0 Å². The number of nitrogens with zero attached hydrogens (tertiary/aromatic N) is 3. The van der Waals surface area contributed by atoms with Gasteiger partial charge in [0.05, 0.1) is 19.5 Å². The van der Waals surface area contributed by atoms with Crippen LogP contribution in [0.5, 0.6) is 0 Å². The molecule has 104 valence electrons. The molecule has 0 bridgehead atoms. The zero-order valence-corrected chi connectivity index (χ0v) is 12.4. The maximum absolute atomic E-state index is 11.3. The van der Waals surface area contributed by atoms with Crippen LogP contribution in [0.3, 0.4) is 0 Å². The second kappa shape index (κ2) is 5.77. The Balaban J connectivity index is 2.08. The van der Waals surface area contributed by atoms with Gasteiger partial charge in [-0.1, -0.05) is 13.8 Å². The Morgan fingerprint density at radius 1 is 1.37 bits per heavy atom. The van der Waals surface area contributed by atoms with Crippen molar-refractivity contribution in [1.82, 2.24) is 9.97 Å². The maximum Gasteiger partial charge on any atom is 0.358 e. The van der Waals surface area contributed by atoms with Crippen LogP contribution in [0.1, 0.15) is 30.8 Å². The molecule has 0 amide bonds. The van der Waals surface area contributed by atoms with Gasteiger partial charge in [-0.2, -0.15) is 11.8 Å². The summed E-state index contributed by atoms with van der Waals surface area (Å²) in [6, 6.07) is 0. The van der Waals surface area contributed by atoms with E-state index in [9.17, 15) is 4.79 Å². The predicted molar refractivity (Wildman–Crippen MR) is 76.7 cm³/mol. The number of methoxy groups -OCH3 is 1. The molecule has 1 aromatic rings. The summed E-state index contributed by atoms with van der Waals surface area (Å²) < 4.78 is 4.92. The minimum Gasteiger partial charge on any atom is -0.464 e. The molecule has 0 spiro atoms. The van der Waals surface area contributed by atoms with Crippen molar-refractivity contribution in [3.05, 3.63) is 18.1 Å². The van der Waals surface area contributed by atoms with Crippen LogP contribution in [0.15, 0.2) is 12.4 Å². The molecular formula is C13H19N3O2S. The summed E-state index contributed by atoms with van der Waals surface area (Å²) in [6.45, 7) is 6.47. The first-order chi connectivity index (χ1) is 9.02. The summed E-state index contributed by atoms with van der Waals surface area (Å²) >= 11 is 1.99. The lowest BCUT2D eigenvalue weighted by molar-refractivity contribution is 0.0593. The first-order valence-electron chi connectivity index (χ1n) is 6.31. The lowest BCUT2D eigenvalue weighted by atomic mass is 10.1. The minimum atomic E-state index is -0.452. The monoisotopic (exact) mass is 281 g/mol. The van der Waals surface area contributed by atoms with Crippen molar-refractivity contribution < 1.29 is 9.53 Å². The number of rotatable bonds is 2. The van der Waals surface area contributed by atoms with Gasteiger partial charge in [-0.05, 0) is 6.42 Å². The van der Waals surface area contributed by atoms with Gasteiger partial charge in [-0.15, -0.1) is 0 Å². The summed E-state index contributed by atoms with van der Waals surface area (Å²) in [4.78, 5) is 21.9. The first kappa shape index (κ1) is 14.1. The normalized spacial score (nSPS) is 18.8. The fourth-order valence-electron chi connectivity index (χ4n) is 1.94.